The summed E-state index contributed by atoms with van der Waals surface area (Å²) in [5.74, 6) is 0. The summed E-state index contributed by atoms with van der Waals surface area (Å²) in [4.78, 5) is 3.37. The summed E-state index contributed by atoms with van der Waals surface area (Å²) in [6.07, 6.45) is 0. The first-order valence-corrected chi connectivity index (χ1v) is 8.09. The van der Waals surface area contributed by atoms with Crippen LogP contribution in [0.25, 0.3) is 21.0 Å². The van der Waals surface area contributed by atoms with Gasteiger partial charge in [-0.1, -0.05) is 0 Å². The van der Waals surface area contributed by atoms with E-state index in [4.69, 9.17) is 12.2 Å². The maximum atomic E-state index is 5.38. The van der Waals surface area contributed by atoms with E-state index < -0.39 is 0 Å². The molecule has 2 aromatic carbocycles. The minimum absolute atomic E-state index is 0.866. The predicted octanol–water partition coefficient (Wildman–Crippen LogP) is 5.96. The molecule has 0 unspecified atom stereocenters. The fourth-order valence-corrected chi connectivity index (χ4v) is 4.56. The van der Waals surface area contributed by atoms with E-state index in [9.17, 15) is 0 Å². The van der Waals surface area contributed by atoms with Crippen molar-refractivity contribution in [3.63, 3.8) is 0 Å². The van der Waals surface area contributed by atoms with Crippen LogP contribution in [0.15, 0.2) is 0 Å². The molecule has 3 rings (SSSR count). The van der Waals surface area contributed by atoms with Crippen LogP contribution in [-0.4, -0.2) is 4.98 Å². The van der Waals surface area contributed by atoms with Crippen LogP contribution in [-0.2, 0) is 0 Å². The third kappa shape index (κ3) is 1.63. The highest BCUT2D eigenvalue weighted by molar-refractivity contribution is 7.73. The van der Waals surface area contributed by atoms with Crippen molar-refractivity contribution in [3.05, 3.63) is 37.3 Å². The molecule has 0 saturated carbocycles. The Morgan fingerprint density at radius 3 is 1.80 bits per heavy atom. The molecule has 1 aromatic heterocycles. The molecule has 0 aliphatic rings. The standard InChI is InChI=1S/C17H19NS2/c1-7-8(2)10(4)14-13(9(7)3)11(5)12(6)15-16(14)20-17(19)18-15/h1-6H3,(H,18,19). The van der Waals surface area contributed by atoms with E-state index in [0.717, 1.165) is 3.95 Å². The Hall–Kier alpha value is -1.19. The van der Waals surface area contributed by atoms with Crippen LogP contribution in [0.3, 0.4) is 0 Å². The zero-order chi connectivity index (χ0) is 14.8. The summed E-state index contributed by atoms with van der Waals surface area (Å²) >= 11 is 7.08. The molecule has 1 heterocycles. The number of H-pyrrole nitrogens is 1. The monoisotopic (exact) mass is 301 g/mol. The third-order valence-electron chi connectivity index (χ3n) is 4.88. The van der Waals surface area contributed by atoms with Crippen molar-refractivity contribution in [2.75, 3.05) is 0 Å². The molecule has 0 aliphatic heterocycles. The van der Waals surface area contributed by atoms with Crippen LogP contribution in [0, 0.1) is 45.5 Å². The Labute approximate surface area is 128 Å². The van der Waals surface area contributed by atoms with Crippen LogP contribution in [0.5, 0.6) is 0 Å². The van der Waals surface area contributed by atoms with Gasteiger partial charge in [0.05, 0.1) is 10.2 Å². The Bertz CT molecular complexity index is 926. The first kappa shape index (κ1) is 13.8. The molecule has 1 N–H and O–H groups in total. The zero-order valence-electron chi connectivity index (χ0n) is 12.8. The lowest BCUT2D eigenvalue weighted by atomic mass is 9.88. The van der Waals surface area contributed by atoms with Crippen molar-refractivity contribution < 1.29 is 0 Å². The molecular formula is C17H19NS2. The lowest BCUT2D eigenvalue weighted by Crippen LogP contribution is -1.98. The van der Waals surface area contributed by atoms with Crippen LogP contribution in [0.4, 0.5) is 0 Å². The Balaban J connectivity index is 2.80. The van der Waals surface area contributed by atoms with Gasteiger partial charge < -0.3 is 4.98 Å². The van der Waals surface area contributed by atoms with Gasteiger partial charge >= 0.3 is 0 Å². The molecule has 0 atom stereocenters. The molecular weight excluding hydrogens is 282 g/mol. The van der Waals surface area contributed by atoms with Gasteiger partial charge in [0.15, 0.2) is 3.95 Å². The van der Waals surface area contributed by atoms with Gasteiger partial charge in [0.1, 0.15) is 0 Å². The van der Waals surface area contributed by atoms with Crippen molar-refractivity contribution in [1.82, 2.24) is 4.98 Å². The lowest BCUT2D eigenvalue weighted by Gasteiger charge is -2.18. The maximum Gasteiger partial charge on any atom is 0.159 e. The minimum Gasteiger partial charge on any atom is -0.337 e. The van der Waals surface area contributed by atoms with Gasteiger partial charge in [-0.3, -0.25) is 0 Å². The van der Waals surface area contributed by atoms with Gasteiger partial charge in [-0.25, -0.2) is 0 Å². The summed E-state index contributed by atoms with van der Waals surface area (Å²) in [5, 5.41) is 2.81. The van der Waals surface area contributed by atoms with E-state index in [0.29, 0.717) is 0 Å². The van der Waals surface area contributed by atoms with Crippen LogP contribution < -0.4 is 0 Å². The molecule has 3 aromatic rings. The number of thiazole rings is 1. The molecule has 20 heavy (non-hydrogen) atoms. The second-order valence-corrected chi connectivity index (χ2v) is 7.41. The highest BCUT2D eigenvalue weighted by Gasteiger charge is 2.17. The SMILES string of the molecule is Cc1c(C)c(C)c2c(c1C)c(C)c(C)c1[nH]c(=S)sc12. The highest BCUT2D eigenvalue weighted by Crippen LogP contribution is 2.40. The first-order chi connectivity index (χ1) is 9.34. The molecule has 0 amide bonds. The van der Waals surface area contributed by atoms with E-state index in [1.165, 1.54) is 54.4 Å². The summed E-state index contributed by atoms with van der Waals surface area (Å²) in [6, 6.07) is 0. The van der Waals surface area contributed by atoms with Crippen LogP contribution in [0.2, 0.25) is 0 Å². The molecule has 0 bridgehead atoms. The number of hydrogen-bond donors (Lipinski definition) is 1. The van der Waals surface area contributed by atoms with Crippen molar-refractivity contribution in [1.29, 1.82) is 0 Å². The van der Waals surface area contributed by atoms with E-state index in [2.05, 4.69) is 46.5 Å². The number of aromatic nitrogens is 1. The normalized spacial score (nSPS) is 11.7. The molecule has 1 nitrogen and oxygen atoms in total. The first-order valence-electron chi connectivity index (χ1n) is 6.86. The highest BCUT2D eigenvalue weighted by atomic mass is 32.1. The van der Waals surface area contributed by atoms with E-state index >= 15 is 0 Å². The fraction of sp³-hybridized carbons (Fsp3) is 0.353. The van der Waals surface area contributed by atoms with E-state index in [-0.39, 0.29) is 0 Å². The fourth-order valence-electron chi connectivity index (χ4n) is 3.21. The third-order valence-corrected chi connectivity index (χ3v) is 6.13. The molecule has 0 aliphatic carbocycles. The van der Waals surface area contributed by atoms with Gasteiger partial charge in [-0.05, 0) is 92.5 Å². The number of hydrogen-bond acceptors (Lipinski definition) is 2. The maximum absolute atomic E-state index is 5.38. The second kappa shape index (κ2) is 4.40. The summed E-state index contributed by atoms with van der Waals surface area (Å²) in [5.41, 5.74) is 9.53. The smallest absolute Gasteiger partial charge is 0.159 e. The van der Waals surface area contributed by atoms with Crippen molar-refractivity contribution >= 4 is 44.5 Å². The Kier molecular flexibility index (Phi) is 3.03. The average molecular weight is 301 g/mol. The zero-order valence-corrected chi connectivity index (χ0v) is 14.4. The molecule has 3 heteroatoms. The topological polar surface area (TPSA) is 15.8 Å². The largest absolute Gasteiger partial charge is 0.337 e. The number of fused-ring (bicyclic) bond motifs is 3. The molecule has 0 radical (unpaired) electrons. The molecule has 0 fully saturated rings. The molecule has 104 valence electrons. The quantitative estimate of drug-likeness (QED) is 0.506. The van der Waals surface area contributed by atoms with Gasteiger partial charge in [-0.15, -0.1) is 11.3 Å². The second-order valence-electron chi connectivity index (χ2n) is 5.72. The number of aromatic amines is 1. The molecule has 0 saturated heterocycles. The Morgan fingerprint density at radius 2 is 1.20 bits per heavy atom. The van der Waals surface area contributed by atoms with Gasteiger partial charge in [-0.2, -0.15) is 0 Å². The minimum atomic E-state index is 0.866. The predicted molar refractivity (Wildman–Crippen MR) is 92.9 cm³/mol. The summed E-state index contributed by atoms with van der Waals surface area (Å²) in [6.45, 7) is 13.4. The number of rotatable bonds is 0. The number of benzene rings is 2. The van der Waals surface area contributed by atoms with Crippen molar-refractivity contribution in [3.8, 4) is 0 Å². The average Bonchev–Trinajstić information content (AvgIpc) is 2.79. The lowest BCUT2D eigenvalue weighted by molar-refractivity contribution is 1.24. The summed E-state index contributed by atoms with van der Waals surface area (Å²) < 4.78 is 2.18. The number of nitrogens with one attached hydrogen (secondary N) is 1. The van der Waals surface area contributed by atoms with Crippen molar-refractivity contribution in [2.45, 2.75) is 41.5 Å². The van der Waals surface area contributed by atoms with E-state index in [1.54, 1.807) is 11.3 Å². The summed E-state index contributed by atoms with van der Waals surface area (Å²) in [7, 11) is 0. The van der Waals surface area contributed by atoms with E-state index in [1.807, 2.05) is 0 Å². The van der Waals surface area contributed by atoms with Crippen LogP contribution >= 0.6 is 23.6 Å². The number of aryl methyl sites for hydroxylation is 4. The Morgan fingerprint density at radius 1 is 0.700 bits per heavy atom. The van der Waals surface area contributed by atoms with Gasteiger partial charge in [0, 0.05) is 5.39 Å². The van der Waals surface area contributed by atoms with Gasteiger partial charge in [0.25, 0.3) is 0 Å². The van der Waals surface area contributed by atoms with Crippen LogP contribution in [0.1, 0.15) is 33.4 Å². The van der Waals surface area contributed by atoms with Gasteiger partial charge in [0.2, 0.25) is 0 Å². The molecule has 0 spiro atoms. The van der Waals surface area contributed by atoms with Crippen molar-refractivity contribution in [2.24, 2.45) is 0 Å².